The van der Waals surface area contributed by atoms with E-state index in [2.05, 4.69) is 0 Å². The standard InChI is InChI=1S/C13H25N3O3S/c1-10(9-20-4)14(3)13(19)16-7-5-15(6-8-16)11(2)12(17)18/h10-11H,5-9H2,1-4H3,(H,17,18). The number of thioether (sulfide) groups is 1. The van der Waals surface area contributed by atoms with Crippen LogP contribution in [-0.4, -0.2) is 89.1 Å². The minimum Gasteiger partial charge on any atom is -0.480 e. The molecule has 0 aromatic carbocycles. The van der Waals surface area contributed by atoms with Crippen LogP contribution in [-0.2, 0) is 4.79 Å². The highest BCUT2D eigenvalue weighted by atomic mass is 32.2. The van der Waals surface area contributed by atoms with Gasteiger partial charge in [0.2, 0.25) is 0 Å². The fourth-order valence-electron chi connectivity index (χ4n) is 2.22. The molecule has 116 valence electrons. The number of hydrogen-bond donors (Lipinski definition) is 1. The highest BCUT2D eigenvalue weighted by molar-refractivity contribution is 7.98. The number of urea groups is 1. The first kappa shape index (κ1) is 17.1. The number of carboxylic acid groups (broad SMARTS) is 1. The van der Waals surface area contributed by atoms with Gasteiger partial charge in [-0.2, -0.15) is 11.8 Å². The molecule has 2 atom stereocenters. The zero-order valence-corrected chi connectivity index (χ0v) is 13.5. The van der Waals surface area contributed by atoms with Gasteiger partial charge in [-0.25, -0.2) is 4.79 Å². The summed E-state index contributed by atoms with van der Waals surface area (Å²) in [4.78, 5) is 28.8. The summed E-state index contributed by atoms with van der Waals surface area (Å²) >= 11 is 1.72. The third kappa shape index (κ3) is 4.28. The van der Waals surface area contributed by atoms with Gasteiger partial charge in [0.25, 0.3) is 0 Å². The van der Waals surface area contributed by atoms with Gasteiger partial charge in [-0.05, 0) is 20.1 Å². The largest absolute Gasteiger partial charge is 0.480 e. The summed E-state index contributed by atoms with van der Waals surface area (Å²) in [5.74, 6) is 0.105. The normalized spacial score (nSPS) is 19.5. The van der Waals surface area contributed by atoms with Gasteiger partial charge < -0.3 is 14.9 Å². The van der Waals surface area contributed by atoms with Gasteiger partial charge in [0.05, 0.1) is 0 Å². The van der Waals surface area contributed by atoms with E-state index in [0.29, 0.717) is 26.2 Å². The van der Waals surface area contributed by atoms with Crippen LogP contribution in [0.4, 0.5) is 4.79 Å². The van der Waals surface area contributed by atoms with Crippen LogP contribution in [0.25, 0.3) is 0 Å². The number of aliphatic carboxylic acids is 1. The summed E-state index contributed by atoms with van der Waals surface area (Å²) in [5, 5.41) is 9.00. The Kier molecular flexibility index (Phi) is 6.61. The van der Waals surface area contributed by atoms with Gasteiger partial charge in [0.15, 0.2) is 0 Å². The molecule has 1 saturated heterocycles. The lowest BCUT2D eigenvalue weighted by molar-refractivity contribution is -0.143. The molecule has 1 aliphatic rings. The van der Waals surface area contributed by atoms with E-state index in [-0.39, 0.29) is 12.1 Å². The lowest BCUT2D eigenvalue weighted by Crippen LogP contribution is -2.56. The van der Waals surface area contributed by atoms with Crippen molar-refractivity contribution >= 4 is 23.8 Å². The zero-order chi connectivity index (χ0) is 15.3. The molecule has 1 heterocycles. The predicted octanol–water partition coefficient (Wildman–Crippen LogP) is 0.880. The SMILES string of the molecule is CSCC(C)N(C)C(=O)N1CCN(C(C)C(=O)O)CC1. The fourth-order valence-corrected chi connectivity index (χ4v) is 2.93. The number of nitrogens with zero attached hydrogens (tertiary/aromatic N) is 3. The highest BCUT2D eigenvalue weighted by Gasteiger charge is 2.29. The monoisotopic (exact) mass is 303 g/mol. The van der Waals surface area contributed by atoms with Crippen molar-refractivity contribution in [3.05, 3.63) is 0 Å². The molecule has 0 bridgehead atoms. The second-order valence-corrected chi connectivity index (χ2v) is 6.15. The Morgan fingerprint density at radius 1 is 1.25 bits per heavy atom. The third-order valence-corrected chi connectivity index (χ3v) is 4.68. The Morgan fingerprint density at radius 2 is 1.80 bits per heavy atom. The fraction of sp³-hybridized carbons (Fsp3) is 0.846. The van der Waals surface area contributed by atoms with Crippen LogP contribution < -0.4 is 0 Å². The number of amides is 2. The molecule has 1 rings (SSSR count). The second-order valence-electron chi connectivity index (χ2n) is 5.24. The Bertz CT molecular complexity index is 346. The molecule has 1 aliphatic heterocycles. The summed E-state index contributed by atoms with van der Waals surface area (Å²) < 4.78 is 0. The van der Waals surface area contributed by atoms with Crippen LogP contribution >= 0.6 is 11.8 Å². The van der Waals surface area contributed by atoms with E-state index in [1.54, 1.807) is 23.6 Å². The van der Waals surface area contributed by atoms with Crippen molar-refractivity contribution in [2.45, 2.75) is 25.9 Å². The van der Waals surface area contributed by atoms with E-state index < -0.39 is 12.0 Å². The number of rotatable bonds is 5. The van der Waals surface area contributed by atoms with Crippen molar-refractivity contribution in [1.29, 1.82) is 0 Å². The summed E-state index contributed by atoms with van der Waals surface area (Å²) in [5.41, 5.74) is 0. The van der Waals surface area contributed by atoms with E-state index in [4.69, 9.17) is 5.11 Å². The van der Waals surface area contributed by atoms with E-state index >= 15 is 0 Å². The van der Waals surface area contributed by atoms with Crippen LogP contribution in [0.2, 0.25) is 0 Å². The topological polar surface area (TPSA) is 64.1 Å². The summed E-state index contributed by atoms with van der Waals surface area (Å²) in [6.07, 6.45) is 2.03. The van der Waals surface area contributed by atoms with E-state index in [1.165, 1.54) is 0 Å². The number of hydrogen-bond acceptors (Lipinski definition) is 4. The lowest BCUT2D eigenvalue weighted by atomic mass is 10.2. The third-order valence-electron chi connectivity index (χ3n) is 3.86. The van der Waals surface area contributed by atoms with Crippen molar-refractivity contribution in [2.75, 3.05) is 45.2 Å². The van der Waals surface area contributed by atoms with E-state index in [9.17, 15) is 9.59 Å². The molecule has 2 amide bonds. The van der Waals surface area contributed by atoms with Crippen molar-refractivity contribution in [1.82, 2.24) is 14.7 Å². The van der Waals surface area contributed by atoms with Gasteiger partial charge in [-0.15, -0.1) is 0 Å². The van der Waals surface area contributed by atoms with E-state index in [0.717, 1.165) is 5.75 Å². The van der Waals surface area contributed by atoms with Crippen LogP contribution in [0, 0.1) is 0 Å². The van der Waals surface area contributed by atoms with Gasteiger partial charge in [-0.3, -0.25) is 9.69 Å². The Hall–Kier alpha value is -0.950. The van der Waals surface area contributed by atoms with Crippen LogP contribution in [0.1, 0.15) is 13.8 Å². The smallest absolute Gasteiger partial charge is 0.320 e. The quantitative estimate of drug-likeness (QED) is 0.817. The Balaban J connectivity index is 2.48. The number of carboxylic acids is 1. The van der Waals surface area contributed by atoms with Crippen molar-refractivity contribution in [3.63, 3.8) is 0 Å². The molecule has 0 aromatic rings. The van der Waals surface area contributed by atoms with Gasteiger partial charge in [0, 0.05) is 45.0 Å². The molecule has 6 nitrogen and oxygen atoms in total. The molecule has 20 heavy (non-hydrogen) atoms. The first-order valence-corrected chi connectivity index (χ1v) is 8.25. The zero-order valence-electron chi connectivity index (χ0n) is 12.7. The van der Waals surface area contributed by atoms with Crippen LogP contribution in [0.5, 0.6) is 0 Å². The van der Waals surface area contributed by atoms with E-state index in [1.807, 2.05) is 30.0 Å². The highest BCUT2D eigenvalue weighted by Crippen LogP contribution is 2.11. The maximum Gasteiger partial charge on any atom is 0.320 e. The van der Waals surface area contributed by atoms with Crippen molar-refractivity contribution in [3.8, 4) is 0 Å². The molecule has 1 fully saturated rings. The average molecular weight is 303 g/mol. The molecule has 0 aromatic heterocycles. The molecule has 1 N–H and O–H groups in total. The van der Waals surface area contributed by atoms with Gasteiger partial charge >= 0.3 is 12.0 Å². The maximum atomic E-state index is 12.3. The molecule has 0 spiro atoms. The molecule has 0 aliphatic carbocycles. The van der Waals surface area contributed by atoms with Crippen molar-refractivity contribution < 1.29 is 14.7 Å². The average Bonchev–Trinajstić information content (AvgIpc) is 2.45. The molecule has 0 saturated carbocycles. The Morgan fingerprint density at radius 3 is 2.25 bits per heavy atom. The number of piperazine rings is 1. The molecule has 2 unspecified atom stereocenters. The summed E-state index contributed by atoms with van der Waals surface area (Å²) in [6.45, 7) is 6.14. The second kappa shape index (κ2) is 7.73. The molecular weight excluding hydrogens is 278 g/mol. The predicted molar refractivity (Wildman–Crippen MR) is 81.2 cm³/mol. The number of carbonyl (C=O) groups is 2. The lowest BCUT2D eigenvalue weighted by Gasteiger charge is -2.39. The van der Waals surface area contributed by atoms with Crippen LogP contribution in [0.3, 0.4) is 0 Å². The van der Waals surface area contributed by atoms with Gasteiger partial charge in [0.1, 0.15) is 6.04 Å². The Labute approximate surface area is 125 Å². The summed E-state index contributed by atoms with van der Waals surface area (Å²) in [6, 6.07) is -0.247. The maximum absolute atomic E-state index is 12.3. The molecular formula is C13H25N3O3S. The minimum atomic E-state index is -0.810. The molecule has 7 heteroatoms. The first-order chi connectivity index (χ1) is 9.38. The molecule has 0 radical (unpaired) electrons. The minimum absolute atomic E-state index is 0.0363. The van der Waals surface area contributed by atoms with Crippen LogP contribution in [0.15, 0.2) is 0 Å². The van der Waals surface area contributed by atoms with Crippen molar-refractivity contribution in [2.24, 2.45) is 0 Å². The summed E-state index contributed by atoms with van der Waals surface area (Å²) in [7, 11) is 1.83. The number of carbonyl (C=O) groups excluding carboxylic acids is 1. The van der Waals surface area contributed by atoms with Gasteiger partial charge in [-0.1, -0.05) is 0 Å². The first-order valence-electron chi connectivity index (χ1n) is 6.86.